The molecule has 3 rings (SSSR count). The monoisotopic (exact) mass is 304 g/mol. The number of hydrogen-bond acceptors (Lipinski definition) is 3. The van der Waals surface area contributed by atoms with Gasteiger partial charge in [0, 0.05) is 29.6 Å². The summed E-state index contributed by atoms with van der Waals surface area (Å²) in [6.07, 6.45) is 7.52. The maximum absolute atomic E-state index is 11.8. The molecular formula is C12H9BrN4O. The molecule has 1 aliphatic rings. The topological polar surface area (TPSA) is 50.5 Å². The Morgan fingerprint density at radius 2 is 2.33 bits per heavy atom. The lowest BCUT2D eigenvalue weighted by molar-refractivity contribution is -0.117. The molecule has 0 N–H and O–H groups in total. The SMILES string of the molecule is C#CC1CC(=O)N(c2nc3ccc(Br)cn3n2)C1. The number of hydrogen-bond donors (Lipinski definition) is 0. The minimum absolute atomic E-state index is 0.0204. The van der Waals surface area contributed by atoms with Gasteiger partial charge >= 0.3 is 0 Å². The molecule has 0 aromatic carbocycles. The molecule has 90 valence electrons. The van der Waals surface area contributed by atoms with E-state index >= 15 is 0 Å². The number of halogens is 1. The number of pyridine rings is 1. The van der Waals surface area contributed by atoms with E-state index in [4.69, 9.17) is 6.42 Å². The molecule has 1 atom stereocenters. The van der Waals surface area contributed by atoms with Crippen molar-refractivity contribution in [1.29, 1.82) is 0 Å². The molecule has 2 aromatic heterocycles. The van der Waals surface area contributed by atoms with Crippen molar-refractivity contribution in [3.05, 3.63) is 22.8 Å². The Labute approximate surface area is 112 Å². The van der Waals surface area contributed by atoms with Gasteiger partial charge in [-0.2, -0.15) is 4.98 Å². The van der Waals surface area contributed by atoms with Crippen LogP contribution in [0.5, 0.6) is 0 Å². The number of fused-ring (bicyclic) bond motifs is 1. The predicted molar refractivity (Wildman–Crippen MR) is 70.0 cm³/mol. The summed E-state index contributed by atoms with van der Waals surface area (Å²) in [4.78, 5) is 17.7. The van der Waals surface area contributed by atoms with Crippen LogP contribution in [0.25, 0.3) is 5.65 Å². The maximum atomic E-state index is 11.8. The van der Waals surface area contributed by atoms with Gasteiger partial charge in [0.2, 0.25) is 5.91 Å². The average molecular weight is 305 g/mol. The van der Waals surface area contributed by atoms with Crippen LogP contribution in [0.1, 0.15) is 6.42 Å². The van der Waals surface area contributed by atoms with Crippen LogP contribution in [0.3, 0.4) is 0 Å². The molecule has 1 aliphatic heterocycles. The summed E-state index contributed by atoms with van der Waals surface area (Å²) in [5.41, 5.74) is 0.699. The quantitative estimate of drug-likeness (QED) is 0.750. The van der Waals surface area contributed by atoms with Gasteiger partial charge in [0.05, 0.1) is 0 Å². The van der Waals surface area contributed by atoms with Crippen molar-refractivity contribution in [2.24, 2.45) is 5.92 Å². The first-order valence-electron chi connectivity index (χ1n) is 5.46. The van der Waals surface area contributed by atoms with Gasteiger partial charge < -0.3 is 0 Å². The predicted octanol–water partition coefficient (Wildman–Crippen LogP) is 1.48. The Kier molecular flexibility index (Phi) is 2.56. The number of nitrogens with zero attached hydrogens (tertiary/aromatic N) is 4. The summed E-state index contributed by atoms with van der Waals surface area (Å²) < 4.78 is 2.54. The van der Waals surface area contributed by atoms with Crippen molar-refractivity contribution in [1.82, 2.24) is 14.6 Å². The first-order valence-corrected chi connectivity index (χ1v) is 6.25. The highest BCUT2D eigenvalue weighted by atomic mass is 79.9. The molecule has 3 heterocycles. The van der Waals surface area contributed by atoms with Crippen LogP contribution in [0.15, 0.2) is 22.8 Å². The second-order valence-electron chi connectivity index (χ2n) is 4.13. The molecule has 0 spiro atoms. The minimum atomic E-state index is -0.0455. The lowest BCUT2D eigenvalue weighted by Gasteiger charge is -2.09. The Morgan fingerprint density at radius 3 is 3.06 bits per heavy atom. The molecule has 0 radical (unpaired) electrons. The molecular weight excluding hydrogens is 296 g/mol. The van der Waals surface area contributed by atoms with Crippen molar-refractivity contribution in [3.63, 3.8) is 0 Å². The molecule has 1 unspecified atom stereocenters. The normalized spacial score (nSPS) is 19.4. The number of anilines is 1. The lowest BCUT2D eigenvalue weighted by atomic mass is 10.1. The van der Waals surface area contributed by atoms with E-state index in [-0.39, 0.29) is 11.8 Å². The summed E-state index contributed by atoms with van der Waals surface area (Å²) in [6, 6.07) is 3.71. The number of amides is 1. The van der Waals surface area contributed by atoms with Gasteiger partial charge in [-0.25, -0.2) is 4.52 Å². The van der Waals surface area contributed by atoms with Crippen LogP contribution < -0.4 is 4.90 Å². The summed E-state index contributed by atoms with van der Waals surface area (Å²) in [5, 5.41) is 4.29. The van der Waals surface area contributed by atoms with E-state index in [2.05, 4.69) is 31.9 Å². The van der Waals surface area contributed by atoms with E-state index in [1.807, 2.05) is 12.1 Å². The third-order valence-corrected chi connectivity index (χ3v) is 3.35. The van der Waals surface area contributed by atoms with Crippen molar-refractivity contribution >= 4 is 33.4 Å². The largest absolute Gasteiger partial charge is 0.278 e. The zero-order chi connectivity index (χ0) is 12.7. The zero-order valence-corrected chi connectivity index (χ0v) is 11.0. The average Bonchev–Trinajstić information content (AvgIpc) is 2.91. The first-order chi connectivity index (χ1) is 8.67. The third kappa shape index (κ3) is 1.77. The van der Waals surface area contributed by atoms with Crippen LogP contribution in [0.4, 0.5) is 5.95 Å². The van der Waals surface area contributed by atoms with Crippen LogP contribution in [-0.4, -0.2) is 27.0 Å². The molecule has 0 bridgehead atoms. The number of rotatable bonds is 1. The number of carbonyl (C=O) groups excluding carboxylic acids is 1. The lowest BCUT2D eigenvalue weighted by Crippen LogP contribution is -2.25. The summed E-state index contributed by atoms with van der Waals surface area (Å²) >= 11 is 3.36. The van der Waals surface area contributed by atoms with Gasteiger partial charge in [0.1, 0.15) is 0 Å². The fraction of sp³-hybridized carbons (Fsp3) is 0.250. The highest BCUT2D eigenvalue weighted by Gasteiger charge is 2.31. The Morgan fingerprint density at radius 1 is 1.50 bits per heavy atom. The summed E-state index contributed by atoms with van der Waals surface area (Å²) in [5.74, 6) is 2.95. The van der Waals surface area contributed by atoms with Gasteiger partial charge in [0.25, 0.3) is 5.95 Å². The maximum Gasteiger partial charge on any atom is 0.252 e. The van der Waals surface area contributed by atoms with E-state index in [0.29, 0.717) is 24.6 Å². The van der Waals surface area contributed by atoms with Crippen LogP contribution in [0, 0.1) is 18.3 Å². The smallest absolute Gasteiger partial charge is 0.252 e. The highest BCUT2D eigenvalue weighted by molar-refractivity contribution is 9.10. The fourth-order valence-corrected chi connectivity index (χ4v) is 2.30. The number of aromatic nitrogens is 3. The Hall–Kier alpha value is -1.87. The molecule has 0 saturated carbocycles. The first kappa shape index (κ1) is 11.2. The highest BCUT2D eigenvalue weighted by Crippen LogP contribution is 2.22. The molecule has 1 fully saturated rings. The van der Waals surface area contributed by atoms with Gasteiger partial charge in [-0.3, -0.25) is 9.69 Å². The van der Waals surface area contributed by atoms with Crippen molar-refractivity contribution < 1.29 is 4.79 Å². The van der Waals surface area contributed by atoms with E-state index < -0.39 is 0 Å². The molecule has 1 amide bonds. The van der Waals surface area contributed by atoms with Crippen molar-refractivity contribution in [2.45, 2.75) is 6.42 Å². The second-order valence-corrected chi connectivity index (χ2v) is 5.05. The van der Waals surface area contributed by atoms with Crippen LogP contribution in [-0.2, 0) is 4.79 Å². The zero-order valence-electron chi connectivity index (χ0n) is 9.38. The molecule has 2 aromatic rings. The molecule has 1 saturated heterocycles. The van der Waals surface area contributed by atoms with E-state index in [9.17, 15) is 4.79 Å². The van der Waals surface area contributed by atoms with Crippen LogP contribution in [0.2, 0.25) is 0 Å². The van der Waals surface area contributed by atoms with E-state index in [1.54, 1.807) is 15.6 Å². The van der Waals surface area contributed by atoms with Crippen molar-refractivity contribution in [2.75, 3.05) is 11.4 Å². The van der Waals surface area contributed by atoms with Gasteiger partial charge in [-0.1, -0.05) is 0 Å². The molecule has 5 nitrogen and oxygen atoms in total. The standard InChI is InChI=1S/C12H9BrN4O/c1-2-8-5-11(18)16(6-8)12-14-10-4-3-9(13)7-17(10)15-12/h1,3-4,7-8H,5-6H2. The molecule has 0 aliphatic carbocycles. The van der Waals surface area contributed by atoms with Crippen molar-refractivity contribution in [3.8, 4) is 12.3 Å². The van der Waals surface area contributed by atoms with E-state index in [1.165, 1.54) is 0 Å². The summed E-state index contributed by atoms with van der Waals surface area (Å²) in [7, 11) is 0. The second kappa shape index (κ2) is 4.10. The number of carbonyl (C=O) groups is 1. The van der Waals surface area contributed by atoms with Gasteiger partial charge in [-0.05, 0) is 28.1 Å². The Bertz CT molecular complexity index is 672. The van der Waals surface area contributed by atoms with Gasteiger partial charge in [0.15, 0.2) is 5.65 Å². The fourth-order valence-electron chi connectivity index (χ4n) is 1.97. The van der Waals surface area contributed by atoms with Crippen LogP contribution >= 0.6 is 15.9 Å². The van der Waals surface area contributed by atoms with Gasteiger partial charge in [-0.15, -0.1) is 17.4 Å². The minimum Gasteiger partial charge on any atom is -0.278 e. The Balaban J connectivity index is 2.00. The molecule has 6 heteroatoms. The third-order valence-electron chi connectivity index (χ3n) is 2.89. The number of terminal acetylenes is 1. The summed E-state index contributed by atoms with van der Waals surface area (Å²) in [6.45, 7) is 0.493. The molecule has 18 heavy (non-hydrogen) atoms. The van der Waals surface area contributed by atoms with E-state index in [0.717, 1.165) is 4.47 Å².